The maximum atomic E-state index is 12.6. The first-order chi connectivity index (χ1) is 6.15. The first kappa shape index (κ1) is 8.23. The summed E-state index contributed by atoms with van der Waals surface area (Å²) in [6.07, 6.45) is 1.57. The molecule has 3 heteroatoms. The van der Waals surface area contributed by atoms with Gasteiger partial charge in [-0.25, -0.2) is 4.39 Å². The van der Waals surface area contributed by atoms with Gasteiger partial charge in [0.15, 0.2) is 0 Å². The van der Waals surface area contributed by atoms with Crippen LogP contribution in [0.3, 0.4) is 0 Å². The minimum Gasteiger partial charge on any atom is -0.369 e. The Bertz CT molecular complexity index is 340. The second-order valence-electron chi connectivity index (χ2n) is 3.45. The number of carbonyl (C=O) groups is 1. The molecule has 2 rings (SSSR count). The van der Waals surface area contributed by atoms with Crippen LogP contribution in [0.25, 0.3) is 0 Å². The fraction of sp³-hybridized carbons (Fsp3) is 0.300. The van der Waals surface area contributed by atoms with E-state index in [-0.39, 0.29) is 11.7 Å². The maximum Gasteiger partial charge on any atom is 0.228 e. The summed E-state index contributed by atoms with van der Waals surface area (Å²) in [6.45, 7) is 0. The highest BCUT2D eigenvalue weighted by Crippen LogP contribution is 2.47. The summed E-state index contributed by atoms with van der Waals surface area (Å²) in [5.74, 6) is -0.594. The van der Waals surface area contributed by atoms with Gasteiger partial charge in [-0.1, -0.05) is 12.1 Å². The van der Waals surface area contributed by atoms with Gasteiger partial charge in [0, 0.05) is 0 Å². The van der Waals surface area contributed by atoms with E-state index in [9.17, 15) is 9.18 Å². The van der Waals surface area contributed by atoms with E-state index < -0.39 is 5.41 Å². The van der Waals surface area contributed by atoms with Crippen molar-refractivity contribution in [3.05, 3.63) is 35.6 Å². The van der Waals surface area contributed by atoms with Crippen molar-refractivity contribution < 1.29 is 9.18 Å². The van der Waals surface area contributed by atoms with Crippen LogP contribution < -0.4 is 5.73 Å². The summed E-state index contributed by atoms with van der Waals surface area (Å²) in [5.41, 5.74) is 5.61. The van der Waals surface area contributed by atoms with Crippen LogP contribution in [-0.2, 0) is 10.2 Å². The molecule has 0 aromatic heterocycles. The lowest BCUT2D eigenvalue weighted by molar-refractivity contribution is -0.120. The number of hydrogen-bond acceptors (Lipinski definition) is 1. The predicted octanol–water partition coefficient (Wildman–Crippen LogP) is 1.34. The summed E-state index contributed by atoms with van der Waals surface area (Å²) >= 11 is 0. The predicted molar refractivity (Wildman–Crippen MR) is 46.5 cm³/mol. The Morgan fingerprint density at radius 3 is 2.23 bits per heavy atom. The average Bonchev–Trinajstić information content (AvgIpc) is 2.86. The molecule has 1 fully saturated rings. The first-order valence-corrected chi connectivity index (χ1v) is 4.21. The molecule has 0 radical (unpaired) electrons. The summed E-state index contributed by atoms with van der Waals surface area (Å²) < 4.78 is 12.6. The molecule has 13 heavy (non-hydrogen) atoms. The van der Waals surface area contributed by atoms with Gasteiger partial charge in [-0.2, -0.15) is 0 Å². The Kier molecular flexibility index (Phi) is 1.62. The molecule has 1 aromatic carbocycles. The van der Waals surface area contributed by atoms with Crippen molar-refractivity contribution in [2.24, 2.45) is 5.73 Å². The van der Waals surface area contributed by atoms with Crippen LogP contribution in [0.5, 0.6) is 0 Å². The fourth-order valence-corrected chi connectivity index (χ4v) is 1.57. The van der Waals surface area contributed by atoms with Crippen molar-refractivity contribution in [1.82, 2.24) is 0 Å². The van der Waals surface area contributed by atoms with E-state index in [1.165, 1.54) is 12.1 Å². The zero-order valence-corrected chi connectivity index (χ0v) is 7.09. The van der Waals surface area contributed by atoms with Crippen molar-refractivity contribution in [3.63, 3.8) is 0 Å². The van der Waals surface area contributed by atoms with Crippen LogP contribution in [0.15, 0.2) is 24.3 Å². The number of hydrogen-bond donors (Lipinski definition) is 1. The lowest BCUT2D eigenvalue weighted by atomic mass is 9.95. The molecule has 0 atom stereocenters. The van der Waals surface area contributed by atoms with Crippen molar-refractivity contribution in [1.29, 1.82) is 0 Å². The molecule has 1 amide bonds. The van der Waals surface area contributed by atoms with Crippen LogP contribution >= 0.6 is 0 Å². The molecule has 2 N–H and O–H groups in total. The molecular formula is C10H10FNO. The Labute approximate surface area is 75.6 Å². The number of rotatable bonds is 2. The third-order valence-corrected chi connectivity index (χ3v) is 2.62. The smallest absolute Gasteiger partial charge is 0.228 e. The van der Waals surface area contributed by atoms with Crippen LogP contribution in [0.4, 0.5) is 4.39 Å². The molecule has 1 aliphatic rings. The SMILES string of the molecule is NC(=O)C1(c2ccc(F)cc2)CC1. The molecule has 0 heterocycles. The lowest BCUT2D eigenvalue weighted by Gasteiger charge is -2.10. The summed E-state index contributed by atoms with van der Waals surface area (Å²) in [7, 11) is 0. The van der Waals surface area contributed by atoms with Crippen LogP contribution in [0.1, 0.15) is 18.4 Å². The molecule has 0 spiro atoms. The van der Waals surface area contributed by atoms with Crippen molar-refractivity contribution >= 4 is 5.91 Å². The first-order valence-electron chi connectivity index (χ1n) is 4.21. The summed E-state index contributed by atoms with van der Waals surface area (Å²) in [4.78, 5) is 11.1. The molecule has 0 bridgehead atoms. The Morgan fingerprint density at radius 1 is 1.31 bits per heavy atom. The van der Waals surface area contributed by atoms with E-state index in [1.807, 2.05) is 0 Å². The van der Waals surface area contributed by atoms with Gasteiger partial charge >= 0.3 is 0 Å². The Balaban J connectivity index is 2.36. The van der Waals surface area contributed by atoms with Gasteiger partial charge in [0.25, 0.3) is 0 Å². The van der Waals surface area contributed by atoms with Crippen LogP contribution in [0.2, 0.25) is 0 Å². The number of primary amides is 1. The van der Waals surface area contributed by atoms with Gasteiger partial charge in [-0.05, 0) is 30.5 Å². The van der Waals surface area contributed by atoms with Crippen LogP contribution in [-0.4, -0.2) is 5.91 Å². The third kappa shape index (κ3) is 1.20. The highest BCUT2D eigenvalue weighted by molar-refractivity contribution is 5.89. The van der Waals surface area contributed by atoms with E-state index in [4.69, 9.17) is 5.73 Å². The summed E-state index contributed by atoms with van der Waals surface area (Å²) in [5, 5.41) is 0. The van der Waals surface area contributed by atoms with E-state index in [0.29, 0.717) is 0 Å². The molecule has 2 nitrogen and oxygen atoms in total. The molecule has 1 saturated carbocycles. The van der Waals surface area contributed by atoms with E-state index in [2.05, 4.69) is 0 Å². The van der Waals surface area contributed by atoms with Crippen molar-refractivity contribution in [2.75, 3.05) is 0 Å². The highest BCUT2D eigenvalue weighted by atomic mass is 19.1. The molecule has 1 aromatic rings. The van der Waals surface area contributed by atoms with E-state index in [0.717, 1.165) is 18.4 Å². The van der Waals surface area contributed by atoms with Gasteiger partial charge in [0.05, 0.1) is 5.41 Å². The number of benzene rings is 1. The largest absolute Gasteiger partial charge is 0.369 e. The lowest BCUT2D eigenvalue weighted by Crippen LogP contribution is -2.28. The number of amides is 1. The number of carbonyl (C=O) groups excluding carboxylic acids is 1. The monoisotopic (exact) mass is 179 g/mol. The molecular weight excluding hydrogens is 169 g/mol. The maximum absolute atomic E-state index is 12.6. The molecule has 0 saturated heterocycles. The minimum atomic E-state index is -0.492. The van der Waals surface area contributed by atoms with Gasteiger partial charge in [-0.15, -0.1) is 0 Å². The molecule has 0 aliphatic heterocycles. The van der Waals surface area contributed by atoms with Crippen molar-refractivity contribution in [3.8, 4) is 0 Å². The average molecular weight is 179 g/mol. The Hall–Kier alpha value is -1.38. The van der Waals surface area contributed by atoms with Crippen LogP contribution in [0, 0.1) is 5.82 Å². The number of halogens is 1. The van der Waals surface area contributed by atoms with Gasteiger partial charge in [0.1, 0.15) is 5.82 Å². The normalized spacial score (nSPS) is 18.2. The zero-order chi connectivity index (χ0) is 9.47. The van der Waals surface area contributed by atoms with E-state index in [1.54, 1.807) is 12.1 Å². The van der Waals surface area contributed by atoms with Crippen molar-refractivity contribution in [2.45, 2.75) is 18.3 Å². The summed E-state index contributed by atoms with van der Waals surface area (Å²) in [6, 6.07) is 5.98. The van der Waals surface area contributed by atoms with Gasteiger partial charge in [-0.3, -0.25) is 4.79 Å². The second-order valence-corrected chi connectivity index (χ2v) is 3.45. The highest BCUT2D eigenvalue weighted by Gasteiger charge is 2.49. The Morgan fingerprint density at radius 2 is 1.85 bits per heavy atom. The van der Waals surface area contributed by atoms with E-state index >= 15 is 0 Å². The topological polar surface area (TPSA) is 43.1 Å². The molecule has 0 unspecified atom stereocenters. The molecule has 68 valence electrons. The standard InChI is InChI=1S/C10H10FNO/c11-8-3-1-7(2-4-8)10(5-6-10)9(12)13/h1-4H,5-6H2,(H2,12,13). The third-order valence-electron chi connectivity index (χ3n) is 2.62. The number of nitrogens with two attached hydrogens (primary N) is 1. The molecule has 1 aliphatic carbocycles. The quantitative estimate of drug-likeness (QED) is 0.731. The zero-order valence-electron chi connectivity index (χ0n) is 7.09. The van der Waals surface area contributed by atoms with Gasteiger partial charge < -0.3 is 5.73 Å². The fourth-order valence-electron chi connectivity index (χ4n) is 1.57. The minimum absolute atomic E-state index is 0.288. The second kappa shape index (κ2) is 2.55. The van der Waals surface area contributed by atoms with Gasteiger partial charge in [0.2, 0.25) is 5.91 Å².